The van der Waals surface area contributed by atoms with Crippen LogP contribution in [-0.4, -0.2) is 56.5 Å². The number of aromatic nitrogens is 4. The van der Waals surface area contributed by atoms with Crippen molar-refractivity contribution in [2.75, 3.05) is 11.9 Å². The zero-order valence-corrected chi connectivity index (χ0v) is 18.6. The van der Waals surface area contributed by atoms with Gasteiger partial charge in [0.15, 0.2) is 12.4 Å². The van der Waals surface area contributed by atoms with Gasteiger partial charge in [0.1, 0.15) is 17.8 Å². The van der Waals surface area contributed by atoms with E-state index >= 15 is 0 Å². The number of carbonyl (C=O) groups is 1. The molecule has 4 heterocycles. The van der Waals surface area contributed by atoms with E-state index in [1.54, 1.807) is 6.20 Å². The van der Waals surface area contributed by atoms with Gasteiger partial charge in [0, 0.05) is 19.3 Å². The van der Waals surface area contributed by atoms with Crippen LogP contribution in [0.4, 0.5) is 5.95 Å². The fourth-order valence-corrected chi connectivity index (χ4v) is 4.40. The first kappa shape index (κ1) is 21.5. The Labute approximate surface area is 190 Å². The van der Waals surface area contributed by atoms with E-state index in [1.165, 1.54) is 0 Å². The van der Waals surface area contributed by atoms with E-state index in [1.807, 2.05) is 49.6 Å². The van der Waals surface area contributed by atoms with E-state index in [0.29, 0.717) is 24.6 Å². The number of fused-ring (bicyclic) bond motifs is 3. The maximum Gasteiger partial charge on any atom is 0.258 e. The molecule has 2 bridgehead atoms. The van der Waals surface area contributed by atoms with Gasteiger partial charge in [0.25, 0.3) is 5.91 Å². The number of anilines is 1. The highest BCUT2D eigenvalue weighted by Gasteiger charge is 2.46. The van der Waals surface area contributed by atoms with Crippen molar-refractivity contribution in [2.24, 2.45) is 0 Å². The van der Waals surface area contributed by atoms with Gasteiger partial charge in [-0.25, -0.2) is 15.0 Å². The predicted molar refractivity (Wildman–Crippen MR) is 119 cm³/mol. The lowest BCUT2D eigenvalue weighted by molar-refractivity contribution is -0.130. The molecule has 2 aliphatic rings. The number of ether oxygens (including phenoxy) is 2. The zero-order chi connectivity index (χ0) is 23.1. The molecule has 3 aromatic rings. The molecule has 1 unspecified atom stereocenters. The van der Waals surface area contributed by atoms with Gasteiger partial charge in [-0.2, -0.15) is 5.26 Å². The minimum Gasteiger partial charge on any atom is -0.343 e. The normalized spacial score (nSPS) is 25.0. The Morgan fingerprint density at radius 1 is 1.36 bits per heavy atom. The van der Waals surface area contributed by atoms with Crippen LogP contribution in [0, 0.1) is 18.3 Å². The van der Waals surface area contributed by atoms with E-state index in [4.69, 9.17) is 14.5 Å². The van der Waals surface area contributed by atoms with Crippen molar-refractivity contribution in [3.05, 3.63) is 47.5 Å². The van der Waals surface area contributed by atoms with E-state index < -0.39 is 18.3 Å². The van der Waals surface area contributed by atoms with Crippen LogP contribution in [-0.2, 0) is 20.8 Å². The van der Waals surface area contributed by atoms with Crippen LogP contribution < -0.4 is 10.6 Å². The van der Waals surface area contributed by atoms with Crippen LogP contribution in [0.2, 0.25) is 0 Å². The Balaban J connectivity index is 1.44. The van der Waals surface area contributed by atoms with Gasteiger partial charge >= 0.3 is 0 Å². The van der Waals surface area contributed by atoms with Crippen molar-refractivity contribution >= 4 is 22.9 Å². The van der Waals surface area contributed by atoms with Gasteiger partial charge in [-0.15, -0.1) is 0 Å². The summed E-state index contributed by atoms with van der Waals surface area (Å²) >= 11 is 0. The third kappa shape index (κ3) is 3.74. The third-order valence-corrected chi connectivity index (χ3v) is 6.14. The predicted octanol–water partition coefficient (Wildman–Crippen LogP) is 1.85. The number of nitrogens with zero attached hydrogens (tertiary/aromatic N) is 5. The summed E-state index contributed by atoms with van der Waals surface area (Å²) in [6.45, 7) is 6.99. The van der Waals surface area contributed by atoms with Crippen molar-refractivity contribution < 1.29 is 14.3 Å². The number of nitriles is 1. The van der Waals surface area contributed by atoms with Crippen LogP contribution >= 0.6 is 0 Å². The van der Waals surface area contributed by atoms with Gasteiger partial charge in [0.2, 0.25) is 5.95 Å². The summed E-state index contributed by atoms with van der Waals surface area (Å²) in [5.74, 6) is -0.360. The topological polar surface area (TPSA) is 127 Å². The number of hydrogen-bond acceptors (Lipinski definition) is 8. The summed E-state index contributed by atoms with van der Waals surface area (Å²) in [7, 11) is 0. The van der Waals surface area contributed by atoms with Crippen LogP contribution in [0.1, 0.15) is 36.8 Å². The van der Waals surface area contributed by atoms with E-state index in [2.05, 4.69) is 26.7 Å². The molecule has 2 saturated heterocycles. The summed E-state index contributed by atoms with van der Waals surface area (Å²) in [5, 5.41) is 16.1. The summed E-state index contributed by atoms with van der Waals surface area (Å²) in [4.78, 5) is 26.4. The Bertz CT molecular complexity index is 1250. The summed E-state index contributed by atoms with van der Waals surface area (Å²) in [5.41, 5.74) is 3.03. The number of aryl methyl sites for hydroxylation is 2. The van der Waals surface area contributed by atoms with Crippen molar-refractivity contribution in [2.45, 2.75) is 57.8 Å². The minimum atomic E-state index is -0.753. The quantitative estimate of drug-likeness (QED) is 0.607. The van der Waals surface area contributed by atoms with Gasteiger partial charge in [-0.1, -0.05) is 12.1 Å². The molecule has 5 rings (SSSR count). The SMILES string of the molecule is CCn1c(C(C#N)c2nc(NC(=O)[C@@H]3O[C@@H]4O[C@H]3CN[C@H]4C)ncc2C)nc2ccccc21. The highest BCUT2D eigenvalue weighted by atomic mass is 16.7. The van der Waals surface area contributed by atoms with Gasteiger partial charge in [-0.05, 0) is 38.5 Å². The number of hydrogen-bond donors (Lipinski definition) is 2. The lowest BCUT2D eigenvalue weighted by Crippen LogP contribution is -2.48. The Morgan fingerprint density at radius 3 is 2.94 bits per heavy atom. The molecule has 2 fully saturated rings. The molecule has 10 nitrogen and oxygen atoms in total. The minimum absolute atomic E-state index is 0.00971. The Kier molecular flexibility index (Phi) is 5.54. The molecule has 33 heavy (non-hydrogen) atoms. The standard InChI is InChI=1S/C23H25N7O3/c1-4-30-16-8-6-5-7-15(16)27-20(30)14(9-24)18-12(2)10-26-23(28-18)29-21(31)19-17-11-25-13(3)22(32-17)33-19/h5-8,10,13-14,17,19,22,25H,4,11H2,1-3H3,(H,26,28,29,31)/t13-,14?,17-,19+,22-/m0/s1. The molecule has 2 N–H and O–H groups in total. The molecular formula is C23H25N7O3. The maximum absolute atomic E-state index is 12.9. The number of para-hydroxylation sites is 2. The van der Waals surface area contributed by atoms with E-state index in [0.717, 1.165) is 16.6 Å². The zero-order valence-electron chi connectivity index (χ0n) is 18.6. The van der Waals surface area contributed by atoms with Crippen molar-refractivity contribution in [3.63, 3.8) is 0 Å². The monoisotopic (exact) mass is 447 g/mol. The van der Waals surface area contributed by atoms with E-state index in [9.17, 15) is 10.1 Å². The largest absolute Gasteiger partial charge is 0.343 e. The molecule has 0 saturated carbocycles. The Hall–Kier alpha value is -3.39. The number of imidazole rings is 1. The smallest absolute Gasteiger partial charge is 0.258 e. The first-order valence-corrected chi connectivity index (χ1v) is 11.0. The van der Waals surface area contributed by atoms with Crippen LogP contribution in [0.5, 0.6) is 0 Å². The van der Waals surface area contributed by atoms with Crippen molar-refractivity contribution in [1.82, 2.24) is 24.8 Å². The molecule has 0 spiro atoms. The average molecular weight is 447 g/mol. The second-order valence-corrected chi connectivity index (χ2v) is 8.31. The molecule has 1 aromatic carbocycles. The number of morpholine rings is 1. The molecule has 170 valence electrons. The van der Waals surface area contributed by atoms with Crippen molar-refractivity contribution in [3.8, 4) is 6.07 Å². The average Bonchev–Trinajstić information content (AvgIpc) is 3.37. The van der Waals surface area contributed by atoms with Crippen molar-refractivity contribution in [1.29, 1.82) is 5.26 Å². The van der Waals surface area contributed by atoms with Crippen LogP contribution in [0.3, 0.4) is 0 Å². The molecule has 2 aliphatic heterocycles. The molecule has 2 aromatic heterocycles. The third-order valence-electron chi connectivity index (χ3n) is 6.14. The molecule has 5 atom stereocenters. The Morgan fingerprint density at radius 2 is 2.18 bits per heavy atom. The van der Waals surface area contributed by atoms with E-state index in [-0.39, 0.29) is 24.0 Å². The number of benzene rings is 1. The molecular weight excluding hydrogens is 422 g/mol. The van der Waals surface area contributed by atoms with Gasteiger partial charge < -0.3 is 19.4 Å². The number of carbonyl (C=O) groups excluding carboxylic acids is 1. The molecule has 1 amide bonds. The second kappa shape index (κ2) is 8.51. The summed E-state index contributed by atoms with van der Waals surface area (Å²) < 4.78 is 13.5. The molecule has 0 aliphatic carbocycles. The number of amides is 1. The number of rotatable bonds is 5. The fourth-order valence-electron chi connectivity index (χ4n) is 4.40. The molecule has 10 heteroatoms. The maximum atomic E-state index is 12.9. The highest BCUT2D eigenvalue weighted by molar-refractivity contribution is 5.93. The lowest BCUT2D eigenvalue weighted by atomic mass is 10.0. The molecule has 0 radical (unpaired) electrons. The first-order chi connectivity index (χ1) is 16.0. The number of nitrogens with one attached hydrogen (secondary N) is 2. The highest BCUT2D eigenvalue weighted by Crippen LogP contribution is 2.29. The summed E-state index contributed by atoms with van der Waals surface area (Å²) in [6.07, 6.45) is 0.0261. The fraction of sp³-hybridized carbons (Fsp3) is 0.435. The van der Waals surface area contributed by atoms with Gasteiger partial charge in [0.05, 0.1) is 28.8 Å². The van der Waals surface area contributed by atoms with Crippen LogP contribution in [0.15, 0.2) is 30.5 Å². The summed E-state index contributed by atoms with van der Waals surface area (Å²) in [6, 6.07) is 10.1. The lowest BCUT2D eigenvalue weighted by Gasteiger charge is -2.25. The van der Waals surface area contributed by atoms with Crippen LogP contribution in [0.25, 0.3) is 11.0 Å². The first-order valence-electron chi connectivity index (χ1n) is 11.0. The van der Waals surface area contributed by atoms with Gasteiger partial charge in [-0.3, -0.25) is 10.1 Å². The second-order valence-electron chi connectivity index (χ2n) is 8.31.